The Hall–Kier alpha value is -0.850. The van der Waals surface area contributed by atoms with E-state index in [2.05, 4.69) is 20.7 Å². The van der Waals surface area contributed by atoms with E-state index in [-0.39, 0.29) is 12.0 Å². The molecule has 1 aromatic carbocycles. The van der Waals surface area contributed by atoms with Gasteiger partial charge in [0.15, 0.2) is 0 Å². The van der Waals surface area contributed by atoms with Gasteiger partial charge in [-0.25, -0.2) is 0 Å². The Labute approximate surface area is 109 Å². The minimum atomic E-state index is -4.72. The number of aryl methyl sites for hydroxylation is 1. The molecular formula is C11H10BrF5O. The fourth-order valence-electron chi connectivity index (χ4n) is 1.56. The molecule has 0 aliphatic heterocycles. The summed E-state index contributed by atoms with van der Waals surface area (Å²) in [5.41, 5.74) is -1.16. The van der Waals surface area contributed by atoms with Crippen LogP contribution in [0.5, 0.6) is 5.75 Å². The van der Waals surface area contributed by atoms with Gasteiger partial charge >= 0.3 is 12.8 Å². The van der Waals surface area contributed by atoms with E-state index >= 15 is 0 Å². The highest BCUT2D eigenvalue weighted by molar-refractivity contribution is 9.09. The van der Waals surface area contributed by atoms with Crippen LogP contribution in [0.1, 0.15) is 17.5 Å². The molecule has 0 heterocycles. The third-order valence-electron chi connectivity index (χ3n) is 2.19. The molecule has 0 N–H and O–H groups in total. The molecule has 0 amide bonds. The maximum absolute atomic E-state index is 12.8. The topological polar surface area (TPSA) is 9.23 Å². The van der Waals surface area contributed by atoms with Gasteiger partial charge in [0.05, 0.1) is 0 Å². The van der Waals surface area contributed by atoms with Crippen molar-refractivity contribution in [2.75, 3.05) is 5.33 Å². The first kappa shape index (κ1) is 15.2. The van der Waals surface area contributed by atoms with E-state index in [1.165, 1.54) is 12.1 Å². The van der Waals surface area contributed by atoms with Gasteiger partial charge in [-0.1, -0.05) is 28.1 Å². The summed E-state index contributed by atoms with van der Waals surface area (Å²) in [6.45, 7) is -3.28. The second-order valence-electron chi connectivity index (χ2n) is 3.46. The Morgan fingerprint density at radius 3 is 2.39 bits per heavy atom. The van der Waals surface area contributed by atoms with E-state index in [9.17, 15) is 22.0 Å². The molecule has 1 aromatic rings. The molecule has 0 saturated carbocycles. The minimum absolute atomic E-state index is 0.0416. The van der Waals surface area contributed by atoms with Crippen molar-refractivity contribution in [1.82, 2.24) is 0 Å². The molecule has 1 rings (SSSR count). The van der Waals surface area contributed by atoms with E-state index in [4.69, 9.17) is 0 Å². The van der Waals surface area contributed by atoms with Crippen LogP contribution in [0, 0.1) is 0 Å². The van der Waals surface area contributed by atoms with Crippen molar-refractivity contribution in [2.45, 2.75) is 25.6 Å². The Bertz CT molecular complexity index is 392. The predicted octanol–water partition coefficient (Wildman–Crippen LogP) is 4.63. The Morgan fingerprint density at radius 1 is 1.22 bits per heavy atom. The van der Waals surface area contributed by atoms with Gasteiger partial charge < -0.3 is 4.74 Å². The molecule has 0 aromatic heterocycles. The summed E-state index contributed by atoms with van der Waals surface area (Å²) in [7, 11) is 0. The van der Waals surface area contributed by atoms with E-state index in [1.807, 2.05) is 0 Å². The highest BCUT2D eigenvalue weighted by atomic mass is 79.9. The minimum Gasteiger partial charge on any atom is -0.434 e. The van der Waals surface area contributed by atoms with Gasteiger partial charge in [-0.15, -0.1) is 0 Å². The number of ether oxygens (including phenoxy) is 1. The number of rotatable bonds is 5. The lowest BCUT2D eigenvalue weighted by Gasteiger charge is -2.17. The fourth-order valence-corrected chi connectivity index (χ4v) is 1.84. The molecule has 7 heteroatoms. The number of hydrogen-bond acceptors (Lipinski definition) is 1. The number of hydrogen-bond donors (Lipinski definition) is 0. The lowest BCUT2D eigenvalue weighted by Crippen LogP contribution is -2.14. The molecule has 0 fully saturated rings. The molecule has 1 nitrogen and oxygen atoms in total. The maximum atomic E-state index is 12.8. The molecule has 18 heavy (non-hydrogen) atoms. The van der Waals surface area contributed by atoms with Crippen LogP contribution in [0.3, 0.4) is 0 Å². The van der Waals surface area contributed by atoms with Crippen LogP contribution in [0.4, 0.5) is 22.0 Å². The van der Waals surface area contributed by atoms with Gasteiger partial charge in [-0.05, 0) is 24.5 Å². The van der Waals surface area contributed by atoms with Crippen molar-refractivity contribution >= 4 is 15.9 Å². The number of benzene rings is 1. The zero-order valence-electron chi connectivity index (χ0n) is 9.11. The monoisotopic (exact) mass is 332 g/mol. The number of alkyl halides is 6. The molecule has 0 radical (unpaired) electrons. The van der Waals surface area contributed by atoms with Gasteiger partial charge in [0.2, 0.25) is 0 Å². The van der Waals surface area contributed by atoms with Crippen LogP contribution in [0.2, 0.25) is 0 Å². The van der Waals surface area contributed by atoms with E-state index in [0.717, 1.165) is 6.07 Å². The van der Waals surface area contributed by atoms with Crippen molar-refractivity contribution < 1.29 is 26.7 Å². The van der Waals surface area contributed by atoms with Crippen molar-refractivity contribution in [3.8, 4) is 5.75 Å². The van der Waals surface area contributed by atoms with Gasteiger partial charge in [0.1, 0.15) is 11.3 Å². The first-order chi connectivity index (χ1) is 8.36. The van der Waals surface area contributed by atoms with Gasteiger partial charge in [0, 0.05) is 5.33 Å². The van der Waals surface area contributed by atoms with E-state index in [1.54, 1.807) is 0 Å². The van der Waals surface area contributed by atoms with Gasteiger partial charge in [-0.3, -0.25) is 0 Å². The van der Waals surface area contributed by atoms with Crippen LogP contribution in [-0.2, 0) is 12.6 Å². The zero-order chi connectivity index (χ0) is 13.8. The van der Waals surface area contributed by atoms with Crippen molar-refractivity contribution in [3.05, 3.63) is 29.3 Å². The lowest BCUT2D eigenvalue weighted by atomic mass is 10.0. The molecule has 0 spiro atoms. The first-order valence-corrected chi connectivity index (χ1v) is 6.18. The summed E-state index contributed by atoms with van der Waals surface area (Å²) < 4.78 is 66.6. The Kier molecular flexibility index (Phi) is 5.37. The van der Waals surface area contributed by atoms with Crippen LogP contribution in [0.25, 0.3) is 0 Å². The molecule has 0 aliphatic carbocycles. The number of halogens is 6. The molecule has 0 bridgehead atoms. The van der Waals surface area contributed by atoms with Crippen LogP contribution < -0.4 is 4.74 Å². The summed E-state index contributed by atoms with van der Waals surface area (Å²) in [5.74, 6) is -0.829. The van der Waals surface area contributed by atoms with Crippen molar-refractivity contribution in [2.24, 2.45) is 0 Å². The van der Waals surface area contributed by atoms with E-state index in [0.29, 0.717) is 11.8 Å². The highest BCUT2D eigenvalue weighted by Gasteiger charge is 2.37. The smallest absolute Gasteiger partial charge is 0.420 e. The average molecular weight is 333 g/mol. The second kappa shape index (κ2) is 6.36. The molecule has 102 valence electrons. The van der Waals surface area contributed by atoms with E-state index < -0.39 is 24.1 Å². The fraction of sp³-hybridized carbons (Fsp3) is 0.455. The highest BCUT2D eigenvalue weighted by Crippen LogP contribution is 2.39. The average Bonchev–Trinajstić information content (AvgIpc) is 2.23. The first-order valence-electron chi connectivity index (χ1n) is 5.06. The molecule has 0 saturated heterocycles. The normalized spacial score (nSPS) is 11.9. The summed E-state index contributed by atoms with van der Waals surface area (Å²) in [5, 5.41) is 0.532. The Morgan fingerprint density at radius 2 is 1.89 bits per heavy atom. The third kappa shape index (κ3) is 4.12. The quantitative estimate of drug-likeness (QED) is 0.564. The summed E-state index contributed by atoms with van der Waals surface area (Å²) in [6, 6.07) is 3.44. The largest absolute Gasteiger partial charge is 0.434 e. The maximum Gasteiger partial charge on any atom is 0.420 e. The predicted molar refractivity (Wildman–Crippen MR) is 60.2 cm³/mol. The SMILES string of the molecule is FC(F)Oc1cccc(CCCBr)c1C(F)(F)F. The second-order valence-corrected chi connectivity index (χ2v) is 4.25. The summed E-state index contributed by atoms with van der Waals surface area (Å²) in [4.78, 5) is 0. The lowest BCUT2D eigenvalue weighted by molar-refractivity contribution is -0.142. The zero-order valence-corrected chi connectivity index (χ0v) is 10.7. The van der Waals surface area contributed by atoms with Crippen LogP contribution in [-0.4, -0.2) is 11.9 Å². The molecule has 0 unspecified atom stereocenters. The Balaban J connectivity index is 3.17. The van der Waals surface area contributed by atoms with Gasteiger partial charge in [-0.2, -0.15) is 22.0 Å². The van der Waals surface area contributed by atoms with Crippen molar-refractivity contribution in [1.29, 1.82) is 0 Å². The standard InChI is InChI=1S/C11H10BrF5O/c12-6-2-4-7-3-1-5-8(18-10(13)14)9(7)11(15,16)17/h1,3,5,10H,2,4,6H2. The summed E-state index contributed by atoms with van der Waals surface area (Å²) in [6.07, 6.45) is -4.10. The molecular weight excluding hydrogens is 323 g/mol. The molecule has 0 atom stereocenters. The van der Waals surface area contributed by atoms with Crippen molar-refractivity contribution in [3.63, 3.8) is 0 Å². The van der Waals surface area contributed by atoms with Gasteiger partial charge in [0.25, 0.3) is 0 Å². The van der Waals surface area contributed by atoms with Crippen LogP contribution >= 0.6 is 15.9 Å². The molecule has 0 aliphatic rings. The van der Waals surface area contributed by atoms with Crippen LogP contribution in [0.15, 0.2) is 18.2 Å². The third-order valence-corrected chi connectivity index (χ3v) is 2.75. The summed E-state index contributed by atoms with van der Waals surface area (Å²) >= 11 is 3.11.